The minimum absolute atomic E-state index is 0.794. The molecule has 0 N–H and O–H groups in total. The third kappa shape index (κ3) is 2.72. The maximum atomic E-state index is 4.70. The number of hydrogen-bond acceptors (Lipinski definition) is 4. The zero-order chi connectivity index (χ0) is 14.7. The van der Waals surface area contributed by atoms with Gasteiger partial charge in [-0.15, -0.1) is 0 Å². The number of aromatic nitrogens is 4. The van der Waals surface area contributed by atoms with Crippen LogP contribution in [0.25, 0.3) is 5.65 Å². The lowest BCUT2D eigenvalue weighted by Gasteiger charge is -2.19. The van der Waals surface area contributed by atoms with Crippen molar-refractivity contribution >= 4 is 17.3 Å². The Morgan fingerprint density at radius 1 is 1.10 bits per heavy atom. The molecule has 0 atom stereocenters. The van der Waals surface area contributed by atoms with Crippen LogP contribution in [-0.4, -0.2) is 26.6 Å². The smallest absolute Gasteiger partial charge is 0.234 e. The van der Waals surface area contributed by atoms with Gasteiger partial charge in [-0.2, -0.15) is 14.6 Å². The number of anilines is 2. The SMILES string of the molecule is CCCCc1nc(N(C)c2ccccc2)n2nccc2n1. The summed E-state index contributed by atoms with van der Waals surface area (Å²) in [5.74, 6) is 1.67. The molecular formula is C16H19N5. The second-order valence-corrected chi connectivity index (χ2v) is 5.04. The van der Waals surface area contributed by atoms with Crippen LogP contribution >= 0.6 is 0 Å². The van der Waals surface area contributed by atoms with Gasteiger partial charge in [-0.25, -0.2) is 4.98 Å². The summed E-state index contributed by atoms with van der Waals surface area (Å²) in [6.07, 6.45) is 4.89. The molecule has 1 aromatic carbocycles. The molecule has 3 aromatic rings. The number of fused-ring (bicyclic) bond motifs is 1. The zero-order valence-electron chi connectivity index (χ0n) is 12.4. The van der Waals surface area contributed by atoms with Crippen LogP contribution in [-0.2, 0) is 6.42 Å². The summed E-state index contributed by atoms with van der Waals surface area (Å²) < 4.78 is 1.78. The molecule has 0 aliphatic rings. The Kier molecular flexibility index (Phi) is 3.81. The molecule has 0 aliphatic heterocycles. The summed E-state index contributed by atoms with van der Waals surface area (Å²) in [7, 11) is 2.00. The summed E-state index contributed by atoms with van der Waals surface area (Å²) in [5.41, 5.74) is 1.92. The summed E-state index contributed by atoms with van der Waals surface area (Å²) in [6, 6.07) is 12.1. The van der Waals surface area contributed by atoms with Crippen molar-refractivity contribution in [1.82, 2.24) is 19.6 Å². The van der Waals surface area contributed by atoms with Crippen LogP contribution in [0.5, 0.6) is 0 Å². The molecule has 0 spiro atoms. The van der Waals surface area contributed by atoms with E-state index in [9.17, 15) is 0 Å². The standard InChI is InChI=1S/C16H19N5/c1-3-4-10-14-18-15-11-12-17-21(15)16(19-14)20(2)13-8-6-5-7-9-13/h5-9,11-12H,3-4,10H2,1-2H3. The highest BCUT2D eigenvalue weighted by Gasteiger charge is 2.13. The Morgan fingerprint density at radius 2 is 1.90 bits per heavy atom. The summed E-state index contributed by atoms with van der Waals surface area (Å²) in [6.45, 7) is 2.17. The molecule has 5 nitrogen and oxygen atoms in total. The van der Waals surface area contributed by atoms with E-state index in [1.807, 2.05) is 36.2 Å². The van der Waals surface area contributed by atoms with Gasteiger partial charge in [-0.3, -0.25) is 0 Å². The van der Waals surface area contributed by atoms with E-state index in [1.165, 1.54) is 0 Å². The summed E-state index contributed by atoms with van der Waals surface area (Å²) in [4.78, 5) is 11.3. The molecule has 0 radical (unpaired) electrons. The van der Waals surface area contributed by atoms with Gasteiger partial charge in [0.2, 0.25) is 5.95 Å². The normalized spacial score (nSPS) is 11.0. The first-order valence-corrected chi connectivity index (χ1v) is 7.29. The molecule has 0 saturated carbocycles. The van der Waals surface area contributed by atoms with Gasteiger partial charge >= 0.3 is 0 Å². The first-order chi connectivity index (χ1) is 10.3. The number of benzene rings is 1. The van der Waals surface area contributed by atoms with Gasteiger partial charge in [-0.05, 0) is 18.6 Å². The molecule has 3 rings (SSSR count). The van der Waals surface area contributed by atoms with E-state index in [-0.39, 0.29) is 0 Å². The third-order valence-electron chi connectivity index (χ3n) is 3.48. The maximum absolute atomic E-state index is 4.70. The van der Waals surface area contributed by atoms with Gasteiger partial charge in [0.05, 0.1) is 6.20 Å². The fourth-order valence-corrected chi connectivity index (χ4v) is 2.29. The van der Waals surface area contributed by atoms with E-state index in [4.69, 9.17) is 4.98 Å². The highest BCUT2D eigenvalue weighted by Crippen LogP contribution is 2.21. The highest BCUT2D eigenvalue weighted by molar-refractivity contribution is 5.58. The molecule has 0 bridgehead atoms. The van der Waals surface area contributed by atoms with Crippen LogP contribution in [0.15, 0.2) is 42.6 Å². The molecule has 2 heterocycles. The number of nitrogens with zero attached hydrogens (tertiary/aromatic N) is 5. The predicted molar refractivity (Wildman–Crippen MR) is 83.9 cm³/mol. The Balaban J connectivity index is 2.05. The van der Waals surface area contributed by atoms with Crippen molar-refractivity contribution in [2.75, 3.05) is 11.9 Å². The van der Waals surface area contributed by atoms with Crippen LogP contribution in [0.3, 0.4) is 0 Å². The van der Waals surface area contributed by atoms with Crippen molar-refractivity contribution in [3.8, 4) is 0 Å². The van der Waals surface area contributed by atoms with Gasteiger partial charge < -0.3 is 4.90 Å². The van der Waals surface area contributed by atoms with E-state index >= 15 is 0 Å². The number of hydrogen-bond donors (Lipinski definition) is 0. The molecule has 21 heavy (non-hydrogen) atoms. The van der Waals surface area contributed by atoms with Crippen molar-refractivity contribution in [2.45, 2.75) is 26.2 Å². The van der Waals surface area contributed by atoms with Crippen molar-refractivity contribution in [3.63, 3.8) is 0 Å². The number of para-hydroxylation sites is 1. The van der Waals surface area contributed by atoms with Gasteiger partial charge in [0.25, 0.3) is 0 Å². The Labute approximate surface area is 124 Å². The Bertz CT molecular complexity index is 720. The van der Waals surface area contributed by atoms with E-state index in [0.717, 1.165) is 42.4 Å². The molecule has 0 amide bonds. The van der Waals surface area contributed by atoms with Crippen molar-refractivity contribution in [2.24, 2.45) is 0 Å². The molecule has 0 saturated heterocycles. The zero-order valence-corrected chi connectivity index (χ0v) is 12.4. The Hall–Kier alpha value is -2.43. The van der Waals surface area contributed by atoms with E-state index in [0.29, 0.717) is 0 Å². The van der Waals surface area contributed by atoms with Crippen LogP contribution in [0.1, 0.15) is 25.6 Å². The average Bonchev–Trinajstić information content (AvgIpc) is 3.00. The largest absolute Gasteiger partial charge is 0.313 e. The van der Waals surface area contributed by atoms with Gasteiger partial charge in [-0.1, -0.05) is 31.5 Å². The van der Waals surface area contributed by atoms with Crippen LogP contribution < -0.4 is 4.90 Å². The summed E-state index contributed by atoms with van der Waals surface area (Å²) >= 11 is 0. The molecule has 108 valence electrons. The van der Waals surface area contributed by atoms with Crippen molar-refractivity contribution in [3.05, 3.63) is 48.4 Å². The predicted octanol–water partition coefficient (Wildman–Crippen LogP) is 3.23. The van der Waals surface area contributed by atoms with Gasteiger partial charge in [0.1, 0.15) is 5.82 Å². The van der Waals surface area contributed by atoms with Crippen LogP contribution in [0.2, 0.25) is 0 Å². The maximum Gasteiger partial charge on any atom is 0.234 e. The van der Waals surface area contributed by atoms with E-state index in [2.05, 4.69) is 29.1 Å². The lowest BCUT2D eigenvalue weighted by atomic mass is 10.2. The third-order valence-corrected chi connectivity index (χ3v) is 3.48. The minimum atomic E-state index is 0.794. The fraction of sp³-hybridized carbons (Fsp3) is 0.312. The van der Waals surface area contributed by atoms with Crippen molar-refractivity contribution in [1.29, 1.82) is 0 Å². The lowest BCUT2D eigenvalue weighted by molar-refractivity contribution is 0.736. The molecular weight excluding hydrogens is 262 g/mol. The molecule has 0 unspecified atom stereocenters. The lowest BCUT2D eigenvalue weighted by Crippen LogP contribution is -2.17. The summed E-state index contributed by atoms with van der Waals surface area (Å²) in [5, 5.41) is 4.34. The highest BCUT2D eigenvalue weighted by atomic mass is 15.4. The first kappa shape index (κ1) is 13.5. The minimum Gasteiger partial charge on any atom is -0.313 e. The molecule has 5 heteroatoms. The van der Waals surface area contributed by atoms with Crippen molar-refractivity contribution < 1.29 is 0 Å². The fourth-order valence-electron chi connectivity index (χ4n) is 2.29. The number of aryl methyl sites for hydroxylation is 1. The molecule has 0 fully saturated rings. The van der Waals surface area contributed by atoms with E-state index < -0.39 is 0 Å². The molecule has 0 aliphatic carbocycles. The quantitative estimate of drug-likeness (QED) is 0.720. The van der Waals surface area contributed by atoms with Crippen LogP contribution in [0.4, 0.5) is 11.6 Å². The topological polar surface area (TPSA) is 46.3 Å². The second-order valence-electron chi connectivity index (χ2n) is 5.04. The number of rotatable bonds is 5. The van der Waals surface area contributed by atoms with Gasteiger partial charge in [0.15, 0.2) is 5.65 Å². The molecule has 2 aromatic heterocycles. The monoisotopic (exact) mass is 281 g/mol. The van der Waals surface area contributed by atoms with Crippen LogP contribution in [0, 0.1) is 0 Å². The van der Waals surface area contributed by atoms with E-state index in [1.54, 1.807) is 10.7 Å². The number of unbranched alkanes of at least 4 members (excludes halogenated alkanes) is 1. The first-order valence-electron chi connectivity index (χ1n) is 7.29. The average molecular weight is 281 g/mol. The second kappa shape index (κ2) is 5.91. The Morgan fingerprint density at radius 3 is 2.67 bits per heavy atom. The van der Waals surface area contributed by atoms with Gasteiger partial charge in [0, 0.05) is 25.2 Å².